The average molecular weight is 408 g/mol. The molecule has 1 fully saturated rings. The van der Waals surface area contributed by atoms with Gasteiger partial charge in [0.2, 0.25) is 0 Å². The Labute approximate surface area is 174 Å². The van der Waals surface area contributed by atoms with E-state index < -0.39 is 0 Å². The minimum absolute atomic E-state index is 0.313. The number of carbonyl (C=O) groups excluding carboxylic acids is 1. The average Bonchev–Trinajstić information content (AvgIpc) is 3.30. The number of hydrogen-bond acceptors (Lipinski definition) is 7. The first-order valence-electron chi connectivity index (χ1n) is 9.84. The van der Waals surface area contributed by atoms with Crippen molar-refractivity contribution in [2.24, 2.45) is 0 Å². The number of carbonyl (C=O) groups is 1. The highest BCUT2D eigenvalue weighted by Crippen LogP contribution is 2.32. The summed E-state index contributed by atoms with van der Waals surface area (Å²) < 4.78 is 10.7. The maximum atomic E-state index is 12.7. The number of rotatable bonds is 6. The first kappa shape index (κ1) is 19.7. The van der Waals surface area contributed by atoms with Gasteiger partial charge >= 0.3 is 0 Å². The summed E-state index contributed by atoms with van der Waals surface area (Å²) in [4.78, 5) is 23.4. The van der Waals surface area contributed by atoms with Crippen LogP contribution < -0.4 is 19.7 Å². The quantitative estimate of drug-likeness (QED) is 0.645. The highest BCUT2D eigenvalue weighted by Gasteiger charge is 2.17. The van der Waals surface area contributed by atoms with Crippen LogP contribution in [0.4, 0.5) is 11.6 Å². The van der Waals surface area contributed by atoms with Crippen molar-refractivity contribution in [3.8, 4) is 22.8 Å². The predicted molar refractivity (Wildman–Crippen MR) is 113 cm³/mol. The number of piperidine rings is 1. The van der Waals surface area contributed by atoms with Gasteiger partial charge in [0.1, 0.15) is 35.2 Å². The number of methoxy groups -OCH3 is 2. The number of aromatic nitrogens is 4. The molecule has 1 aliphatic rings. The van der Waals surface area contributed by atoms with E-state index in [9.17, 15) is 4.79 Å². The molecule has 2 N–H and O–H groups in total. The molecule has 0 unspecified atom stereocenters. The van der Waals surface area contributed by atoms with Gasteiger partial charge in [0.15, 0.2) is 0 Å². The highest BCUT2D eigenvalue weighted by atomic mass is 16.5. The summed E-state index contributed by atoms with van der Waals surface area (Å²) >= 11 is 0. The Morgan fingerprint density at radius 2 is 1.90 bits per heavy atom. The van der Waals surface area contributed by atoms with Crippen molar-refractivity contribution in [3.63, 3.8) is 0 Å². The zero-order valence-corrected chi connectivity index (χ0v) is 17.0. The molecule has 0 bridgehead atoms. The molecule has 0 atom stereocenters. The van der Waals surface area contributed by atoms with E-state index in [2.05, 4.69) is 30.4 Å². The summed E-state index contributed by atoms with van der Waals surface area (Å²) in [5.41, 5.74) is 1.61. The molecule has 2 aromatic heterocycles. The molecular formula is C21H24N6O3. The van der Waals surface area contributed by atoms with Crippen LogP contribution in [-0.2, 0) is 0 Å². The van der Waals surface area contributed by atoms with E-state index >= 15 is 0 Å². The number of ether oxygens (including phenoxy) is 2. The molecule has 3 aromatic rings. The van der Waals surface area contributed by atoms with E-state index in [0.717, 1.165) is 37.3 Å². The van der Waals surface area contributed by atoms with Crippen molar-refractivity contribution in [2.45, 2.75) is 19.3 Å². The molecule has 30 heavy (non-hydrogen) atoms. The van der Waals surface area contributed by atoms with Crippen LogP contribution in [0.5, 0.6) is 11.5 Å². The number of anilines is 2. The third-order valence-electron chi connectivity index (χ3n) is 5.08. The number of benzene rings is 1. The van der Waals surface area contributed by atoms with Crippen molar-refractivity contribution in [3.05, 3.63) is 42.4 Å². The fraction of sp³-hybridized carbons (Fsp3) is 0.333. The van der Waals surface area contributed by atoms with Crippen LogP contribution in [0.25, 0.3) is 11.3 Å². The van der Waals surface area contributed by atoms with E-state index in [0.29, 0.717) is 28.7 Å². The molecule has 1 aliphatic heterocycles. The largest absolute Gasteiger partial charge is 0.497 e. The molecular weight excluding hydrogens is 384 g/mol. The Balaban J connectivity index is 1.51. The van der Waals surface area contributed by atoms with Gasteiger partial charge in [0.25, 0.3) is 5.91 Å². The zero-order valence-electron chi connectivity index (χ0n) is 17.0. The van der Waals surface area contributed by atoms with Gasteiger partial charge in [-0.2, -0.15) is 5.10 Å². The molecule has 1 amide bonds. The van der Waals surface area contributed by atoms with E-state index in [-0.39, 0.29) is 5.91 Å². The van der Waals surface area contributed by atoms with E-state index in [4.69, 9.17) is 9.47 Å². The van der Waals surface area contributed by atoms with Crippen molar-refractivity contribution < 1.29 is 14.3 Å². The lowest BCUT2D eigenvalue weighted by atomic mass is 10.1. The Morgan fingerprint density at radius 1 is 1.07 bits per heavy atom. The van der Waals surface area contributed by atoms with E-state index in [1.165, 1.54) is 12.7 Å². The van der Waals surface area contributed by atoms with Crippen molar-refractivity contribution in [2.75, 3.05) is 37.5 Å². The molecule has 0 radical (unpaired) electrons. The van der Waals surface area contributed by atoms with Crippen LogP contribution in [0, 0.1) is 0 Å². The number of nitrogens with one attached hydrogen (secondary N) is 2. The topological polar surface area (TPSA) is 105 Å². The molecule has 3 heterocycles. The van der Waals surface area contributed by atoms with Crippen LogP contribution in [0.3, 0.4) is 0 Å². The molecule has 0 saturated carbocycles. The predicted octanol–water partition coefficient (Wildman–Crippen LogP) is 3.13. The first-order chi connectivity index (χ1) is 14.7. The molecule has 1 saturated heterocycles. The maximum Gasteiger partial charge on any atom is 0.274 e. The molecule has 1 aromatic carbocycles. The summed E-state index contributed by atoms with van der Waals surface area (Å²) in [5.74, 6) is 2.25. The summed E-state index contributed by atoms with van der Waals surface area (Å²) in [7, 11) is 3.18. The Hall–Kier alpha value is -3.62. The van der Waals surface area contributed by atoms with Gasteiger partial charge in [0, 0.05) is 24.7 Å². The van der Waals surface area contributed by atoms with Crippen molar-refractivity contribution >= 4 is 17.5 Å². The number of nitrogens with zero attached hydrogens (tertiary/aromatic N) is 4. The second kappa shape index (κ2) is 8.81. The smallest absolute Gasteiger partial charge is 0.274 e. The van der Waals surface area contributed by atoms with Crippen LogP contribution in [0.2, 0.25) is 0 Å². The minimum Gasteiger partial charge on any atom is -0.497 e. The molecule has 0 aliphatic carbocycles. The third-order valence-corrected chi connectivity index (χ3v) is 5.08. The Bertz CT molecular complexity index is 1030. The van der Waals surface area contributed by atoms with Gasteiger partial charge < -0.3 is 19.7 Å². The first-order valence-corrected chi connectivity index (χ1v) is 9.84. The van der Waals surface area contributed by atoms with Crippen LogP contribution >= 0.6 is 0 Å². The van der Waals surface area contributed by atoms with Crippen LogP contribution in [0.15, 0.2) is 36.7 Å². The van der Waals surface area contributed by atoms with Gasteiger partial charge in [-0.1, -0.05) is 0 Å². The van der Waals surface area contributed by atoms with Crippen molar-refractivity contribution in [1.82, 2.24) is 20.2 Å². The normalized spacial score (nSPS) is 13.7. The highest BCUT2D eigenvalue weighted by molar-refractivity contribution is 6.03. The lowest BCUT2D eigenvalue weighted by Gasteiger charge is -2.27. The van der Waals surface area contributed by atoms with Crippen LogP contribution in [-0.4, -0.2) is 53.4 Å². The lowest BCUT2D eigenvalue weighted by molar-refractivity contribution is 0.102. The second-order valence-corrected chi connectivity index (χ2v) is 7.00. The number of H-pyrrole nitrogens is 1. The third kappa shape index (κ3) is 4.19. The van der Waals surface area contributed by atoms with E-state index in [1.807, 2.05) is 6.07 Å². The van der Waals surface area contributed by atoms with Gasteiger partial charge in [-0.05, 0) is 43.5 Å². The number of aromatic amines is 1. The van der Waals surface area contributed by atoms with Gasteiger partial charge in [-0.15, -0.1) is 0 Å². The van der Waals surface area contributed by atoms with Gasteiger partial charge in [0.05, 0.1) is 19.9 Å². The minimum atomic E-state index is -0.334. The van der Waals surface area contributed by atoms with Crippen LogP contribution in [0.1, 0.15) is 29.8 Å². The molecule has 9 nitrogen and oxygen atoms in total. The standard InChI is InChI=1S/C21H24N6O3/c1-29-14-6-7-18(30-2)15(10-14)16-11-17(26-25-16)21(28)24-19-12-20(23-13-22-19)27-8-4-3-5-9-27/h6-7,10-13H,3-5,8-9H2,1-2H3,(H,25,26)(H,22,23,24,28). The Kier molecular flexibility index (Phi) is 5.78. The fourth-order valence-electron chi connectivity index (χ4n) is 3.49. The number of amides is 1. The maximum absolute atomic E-state index is 12.7. The van der Waals surface area contributed by atoms with Crippen molar-refractivity contribution in [1.29, 1.82) is 0 Å². The second-order valence-electron chi connectivity index (χ2n) is 7.00. The summed E-state index contributed by atoms with van der Waals surface area (Å²) in [5, 5.41) is 9.85. The monoisotopic (exact) mass is 408 g/mol. The lowest BCUT2D eigenvalue weighted by Crippen LogP contribution is -2.30. The Morgan fingerprint density at radius 3 is 2.67 bits per heavy atom. The van der Waals surface area contributed by atoms with Gasteiger partial charge in [-0.3, -0.25) is 9.89 Å². The molecule has 9 heteroatoms. The summed E-state index contributed by atoms with van der Waals surface area (Å²) in [6.07, 6.45) is 5.01. The SMILES string of the molecule is COc1ccc(OC)c(-c2cc(C(=O)Nc3cc(N4CCCCC4)ncn3)[nH]n2)c1. The summed E-state index contributed by atoms with van der Waals surface area (Å²) in [6, 6.07) is 8.88. The number of hydrogen-bond donors (Lipinski definition) is 2. The van der Waals surface area contributed by atoms with E-state index in [1.54, 1.807) is 38.5 Å². The zero-order chi connectivity index (χ0) is 20.9. The molecule has 4 rings (SSSR count). The van der Waals surface area contributed by atoms with Gasteiger partial charge in [-0.25, -0.2) is 9.97 Å². The molecule has 0 spiro atoms. The fourth-order valence-corrected chi connectivity index (χ4v) is 3.49. The summed E-state index contributed by atoms with van der Waals surface area (Å²) in [6.45, 7) is 1.94. The molecule has 156 valence electrons.